The molecule has 290 valence electrons. The maximum absolute atomic E-state index is 14.8. The summed E-state index contributed by atoms with van der Waals surface area (Å²) in [6.45, 7) is 0.914. The lowest BCUT2D eigenvalue weighted by molar-refractivity contribution is -0.139. The summed E-state index contributed by atoms with van der Waals surface area (Å²) < 4.78 is 64.7. The van der Waals surface area contributed by atoms with Gasteiger partial charge in [0.1, 0.15) is 18.2 Å². The monoisotopic (exact) mass is 790 g/mol. The largest absolute Gasteiger partial charge is 0.489 e. The summed E-state index contributed by atoms with van der Waals surface area (Å²) in [5.74, 6) is -1.67. The molecule has 6 aromatic rings. The number of anilines is 1. The maximum atomic E-state index is 14.8. The van der Waals surface area contributed by atoms with Crippen molar-refractivity contribution < 1.29 is 27.1 Å². The van der Waals surface area contributed by atoms with E-state index in [2.05, 4.69) is 21.8 Å². The number of thiocarbonyl (C=S) groups is 1. The second-order valence-electron chi connectivity index (χ2n) is 13.2. The molecule has 57 heavy (non-hydrogen) atoms. The average molecular weight is 791 g/mol. The van der Waals surface area contributed by atoms with Crippen LogP contribution in [0.4, 0.5) is 23.2 Å². The van der Waals surface area contributed by atoms with Gasteiger partial charge in [0, 0.05) is 25.0 Å². The molecular weight excluding hydrogens is 753 g/mol. The molecule has 2 N–H and O–H groups in total. The first kappa shape index (κ1) is 40.3. The number of alkyl halides is 3. The van der Waals surface area contributed by atoms with Gasteiger partial charge in [-0.15, -0.1) is 0 Å². The zero-order chi connectivity index (χ0) is 40.2. The van der Waals surface area contributed by atoms with Crippen molar-refractivity contribution in [3.63, 3.8) is 0 Å². The quantitative estimate of drug-likeness (QED) is 0.0464. The molecule has 0 aliphatic rings. The zero-order valence-corrected chi connectivity index (χ0v) is 31.4. The number of nitrogens with zero attached hydrogens (tertiary/aromatic N) is 4. The van der Waals surface area contributed by atoms with E-state index in [4.69, 9.17) is 17.0 Å². The summed E-state index contributed by atoms with van der Waals surface area (Å²) in [4.78, 5) is 19.1. The van der Waals surface area contributed by atoms with E-state index in [1.807, 2.05) is 54.6 Å². The molecule has 0 saturated carbocycles. The molecule has 13 heteroatoms. The third-order valence-corrected chi connectivity index (χ3v) is 9.45. The molecule has 1 heterocycles. The number of nitrogens with one attached hydrogen (secondary N) is 2. The lowest BCUT2D eigenvalue weighted by Crippen LogP contribution is -2.51. The Labute approximate surface area is 333 Å². The molecule has 0 radical (unpaired) electrons. The number of aryl methyl sites for hydroxylation is 1. The molecule has 6 rings (SSSR count). The molecule has 1 aromatic heterocycles. The summed E-state index contributed by atoms with van der Waals surface area (Å²) in [6, 6.07) is 37.1. The number of nitriles is 1. The standard InChI is InChI=1S/C44H38F4N6O2S/c45-36-12-6-13-37(25-36)52-43(57)54(51-23-7-10-31-19-21-38(22-20-31)56-29-34-8-2-1-3-9-34)42(55)39(24-35-11-4-5-14-40(35)44(46,47)48)41-27-50-30-53(41)28-33-17-15-32(26-49)16-18-33/h1-6,8-9,11-22,25,27,30,39,51H,7,10,23-24,28-29H2,(H,52,57). The fourth-order valence-electron chi connectivity index (χ4n) is 6.28. The highest BCUT2D eigenvalue weighted by molar-refractivity contribution is 7.80. The maximum Gasteiger partial charge on any atom is 0.416 e. The predicted molar refractivity (Wildman–Crippen MR) is 213 cm³/mol. The van der Waals surface area contributed by atoms with Gasteiger partial charge in [0.05, 0.1) is 35.1 Å². The summed E-state index contributed by atoms with van der Waals surface area (Å²) in [5, 5.41) is 13.1. The Hall–Kier alpha value is -6.36. The van der Waals surface area contributed by atoms with E-state index in [9.17, 15) is 27.6 Å². The van der Waals surface area contributed by atoms with Gasteiger partial charge in [-0.25, -0.2) is 19.8 Å². The van der Waals surface area contributed by atoms with Gasteiger partial charge in [-0.05, 0) is 102 Å². The summed E-state index contributed by atoms with van der Waals surface area (Å²) in [6.07, 6.45) is -0.885. The first-order chi connectivity index (χ1) is 27.6. The first-order valence-electron chi connectivity index (χ1n) is 18.1. The number of hydrogen-bond acceptors (Lipinski definition) is 6. The predicted octanol–water partition coefficient (Wildman–Crippen LogP) is 9.23. The smallest absolute Gasteiger partial charge is 0.416 e. The van der Waals surface area contributed by atoms with Crippen LogP contribution in [-0.4, -0.2) is 32.1 Å². The van der Waals surface area contributed by atoms with E-state index in [1.54, 1.807) is 34.9 Å². The minimum atomic E-state index is -4.68. The van der Waals surface area contributed by atoms with Crippen LogP contribution in [0.2, 0.25) is 0 Å². The number of carbonyl (C=O) groups is 1. The Morgan fingerprint density at radius 1 is 0.895 bits per heavy atom. The number of halogens is 4. The Kier molecular flexibility index (Phi) is 13.4. The van der Waals surface area contributed by atoms with Crippen LogP contribution < -0.4 is 15.5 Å². The topological polar surface area (TPSA) is 95.2 Å². The fourth-order valence-corrected chi connectivity index (χ4v) is 6.55. The molecule has 1 atom stereocenters. The summed E-state index contributed by atoms with van der Waals surface area (Å²) in [5.41, 5.74) is 6.10. The SMILES string of the molecule is N#Cc1ccc(Cn2cncc2C(Cc2ccccc2C(F)(F)F)C(=O)N(NCCCc2ccc(OCc3ccccc3)cc2)C(=S)Nc2cccc(F)c2)cc1. The third kappa shape index (κ3) is 11.1. The van der Waals surface area contributed by atoms with E-state index in [1.165, 1.54) is 48.9 Å². The zero-order valence-electron chi connectivity index (χ0n) is 30.6. The number of carbonyl (C=O) groups excluding carboxylic acids is 1. The van der Waals surface area contributed by atoms with Crippen molar-refractivity contribution >= 4 is 28.9 Å². The number of amides is 1. The van der Waals surface area contributed by atoms with Gasteiger partial charge in [-0.3, -0.25) is 4.79 Å². The number of rotatable bonds is 15. The van der Waals surface area contributed by atoms with Gasteiger partial charge in [0.2, 0.25) is 0 Å². The van der Waals surface area contributed by atoms with Crippen LogP contribution in [0.15, 0.2) is 140 Å². The van der Waals surface area contributed by atoms with Gasteiger partial charge in [0.25, 0.3) is 5.91 Å². The second-order valence-corrected chi connectivity index (χ2v) is 13.6. The number of imidazole rings is 1. The number of ether oxygens (including phenoxy) is 1. The minimum absolute atomic E-state index is 0.0883. The van der Waals surface area contributed by atoms with Crippen LogP contribution in [-0.2, 0) is 37.0 Å². The Morgan fingerprint density at radius 3 is 2.33 bits per heavy atom. The summed E-state index contributed by atoms with van der Waals surface area (Å²) in [7, 11) is 0. The Morgan fingerprint density at radius 2 is 1.61 bits per heavy atom. The Balaban J connectivity index is 1.25. The molecule has 1 unspecified atom stereocenters. The molecule has 0 spiro atoms. The van der Waals surface area contributed by atoms with Crippen molar-refractivity contribution in [1.82, 2.24) is 20.0 Å². The van der Waals surface area contributed by atoms with E-state index in [-0.39, 0.29) is 35.9 Å². The molecular formula is C44H38F4N6O2S. The van der Waals surface area contributed by atoms with Crippen molar-refractivity contribution in [3.05, 3.63) is 185 Å². The molecule has 8 nitrogen and oxygen atoms in total. The molecule has 0 aliphatic carbocycles. The van der Waals surface area contributed by atoms with Crippen molar-refractivity contribution in [2.75, 3.05) is 11.9 Å². The number of hydrogen-bond donors (Lipinski definition) is 2. The molecule has 5 aromatic carbocycles. The van der Waals surface area contributed by atoms with Crippen molar-refractivity contribution in [2.45, 2.75) is 44.5 Å². The fraction of sp³-hybridized carbons (Fsp3) is 0.182. The minimum Gasteiger partial charge on any atom is -0.489 e. The van der Waals surface area contributed by atoms with Gasteiger partial charge >= 0.3 is 6.18 Å². The average Bonchev–Trinajstić information content (AvgIpc) is 3.67. The van der Waals surface area contributed by atoms with Crippen molar-refractivity contribution in [1.29, 1.82) is 5.26 Å². The van der Waals surface area contributed by atoms with E-state index >= 15 is 0 Å². The molecule has 0 fully saturated rings. The normalized spacial score (nSPS) is 11.7. The Bertz CT molecular complexity index is 2310. The lowest BCUT2D eigenvalue weighted by Gasteiger charge is -2.29. The number of aromatic nitrogens is 2. The molecule has 1 amide bonds. The van der Waals surface area contributed by atoms with Crippen LogP contribution in [0, 0.1) is 17.1 Å². The van der Waals surface area contributed by atoms with E-state index in [0.29, 0.717) is 30.7 Å². The van der Waals surface area contributed by atoms with Crippen LogP contribution >= 0.6 is 12.2 Å². The van der Waals surface area contributed by atoms with Crippen LogP contribution in [0.3, 0.4) is 0 Å². The number of hydrazine groups is 1. The van der Waals surface area contributed by atoms with Crippen molar-refractivity contribution in [2.24, 2.45) is 0 Å². The van der Waals surface area contributed by atoms with E-state index in [0.717, 1.165) is 33.5 Å². The third-order valence-electron chi connectivity index (χ3n) is 9.17. The van der Waals surface area contributed by atoms with Crippen LogP contribution in [0.25, 0.3) is 0 Å². The second kappa shape index (κ2) is 19.0. The van der Waals surface area contributed by atoms with Gasteiger partial charge < -0.3 is 14.6 Å². The molecule has 0 bridgehead atoms. The van der Waals surface area contributed by atoms with Crippen LogP contribution in [0.5, 0.6) is 5.75 Å². The van der Waals surface area contributed by atoms with Crippen molar-refractivity contribution in [3.8, 4) is 11.8 Å². The highest BCUT2D eigenvalue weighted by Gasteiger charge is 2.37. The molecule has 0 aliphatic heterocycles. The van der Waals surface area contributed by atoms with E-state index < -0.39 is 29.4 Å². The summed E-state index contributed by atoms with van der Waals surface area (Å²) >= 11 is 5.72. The van der Waals surface area contributed by atoms with Gasteiger partial charge in [0.15, 0.2) is 5.11 Å². The molecule has 0 saturated heterocycles. The first-order valence-corrected chi connectivity index (χ1v) is 18.5. The van der Waals surface area contributed by atoms with Crippen LogP contribution in [0.1, 0.15) is 51.4 Å². The van der Waals surface area contributed by atoms with Gasteiger partial charge in [-0.1, -0.05) is 78.9 Å². The highest BCUT2D eigenvalue weighted by Crippen LogP contribution is 2.35. The highest BCUT2D eigenvalue weighted by atomic mass is 32.1. The lowest BCUT2D eigenvalue weighted by atomic mass is 9.92. The van der Waals surface area contributed by atoms with Gasteiger partial charge in [-0.2, -0.15) is 18.4 Å². The number of benzene rings is 5.